The molecule has 0 saturated carbocycles. The summed E-state index contributed by atoms with van der Waals surface area (Å²) in [5.74, 6) is -1.04. The first kappa shape index (κ1) is 9.44. The molecule has 0 fully saturated rings. The summed E-state index contributed by atoms with van der Waals surface area (Å²) in [6.45, 7) is 2.53. The van der Waals surface area contributed by atoms with Gasteiger partial charge in [-0.3, -0.25) is 0 Å². The van der Waals surface area contributed by atoms with E-state index < -0.39 is 18.7 Å². The average Bonchev–Trinajstić information content (AvgIpc) is 1.98. The maximum absolute atomic E-state index is 10.5. The topological polar surface area (TPSA) is 98.8 Å². The molecule has 0 saturated heterocycles. The van der Waals surface area contributed by atoms with Crippen molar-refractivity contribution in [1.29, 1.82) is 0 Å². The standard InChI is InChI=1S/C5H7NO5/c1-3(2-7)4(8)10-11-5(6)9/h7H,1-2H2,(H2,6,9). The van der Waals surface area contributed by atoms with Crippen molar-refractivity contribution in [3.05, 3.63) is 12.2 Å². The Kier molecular flexibility index (Phi) is 3.68. The van der Waals surface area contributed by atoms with E-state index in [0.717, 1.165) is 0 Å². The van der Waals surface area contributed by atoms with Crippen LogP contribution >= 0.6 is 0 Å². The van der Waals surface area contributed by atoms with Gasteiger partial charge in [-0.25, -0.2) is 19.4 Å². The van der Waals surface area contributed by atoms with Crippen LogP contribution < -0.4 is 5.73 Å². The van der Waals surface area contributed by atoms with Crippen molar-refractivity contribution in [2.75, 3.05) is 6.61 Å². The lowest BCUT2D eigenvalue weighted by Gasteiger charge is -1.99. The first-order valence-electron chi connectivity index (χ1n) is 2.55. The van der Waals surface area contributed by atoms with Crippen LogP contribution in [0.15, 0.2) is 12.2 Å². The zero-order chi connectivity index (χ0) is 8.85. The van der Waals surface area contributed by atoms with Crippen molar-refractivity contribution in [2.24, 2.45) is 5.73 Å². The lowest BCUT2D eigenvalue weighted by atomic mass is 10.3. The van der Waals surface area contributed by atoms with Crippen molar-refractivity contribution < 1.29 is 24.5 Å². The third-order valence-corrected chi connectivity index (χ3v) is 0.679. The van der Waals surface area contributed by atoms with Gasteiger partial charge in [-0.15, -0.1) is 0 Å². The molecule has 0 heterocycles. The van der Waals surface area contributed by atoms with Gasteiger partial charge in [0.1, 0.15) is 0 Å². The fourth-order valence-electron chi connectivity index (χ4n) is 0.202. The minimum Gasteiger partial charge on any atom is -0.391 e. The van der Waals surface area contributed by atoms with Crippen LogP contribution in [0.1, 0.15) is 0 Å². The molecule has 0 aliphatic carbocycles. The summed E-state index contributed by atoms with van der Waals surface area (Å²) in [6, 6.07) is 0. The minimum absolute atomic E-state index is 0.230. The number of carbonyl (C=O) groups excluding carboxylic acids is 2. The number of hydrogen-bond acceptors (Lipinski definition) is 5. The summed E-state index contributed by atoms with van der Waals surface area (Å²) in [5, 5.41) is 8.30. The average molecular weight is 161 g/mol. The Balaban J connectivity index is 3.70. The summed E-state index contributed by atoms with van der Waals surface area (Å²) in [4.78, 5) is 27.7. The Hall–Kier alpha value is -1.56. The van der Waals surface area contributed by atoms with Crippen molar-refractivity contribution >= 4 is 12.1 Å². The van der Waals surface area contributed by atoms with Crippen LogP contribution in [0.4, 0.5) is 4.79 Å². The summed E-state index contributed by atoms with van der Waals surface area (Å²) >= 11 is 0. The second kappa shape index (κ2) is 4.29. The molecule has 0 rings (SSSR count). The van der Waals surface area contributed by atoms with E-state index in [-0.39, 0.29) is 5.57 Å². The van der Waals surface area contributed by atoms with E-state index in [0.29, 0.717) is 0 Å². The molecule has 0 unspecified atom stereocenters. The number of rotatable bonds is 2. The predicted octanol–water partition coefficient (Wildman–Crippen LogP) is -0.912. The smallest absolute Gasteiger partial charge is 0.391 e. The molecule has 0 bridgehead atoms. The van der Waals surface area contributed by atoms with Gasteiger partial charge >= 0.3 is 12.1 Å². The van der Waals surface area contributed by atoms with Gasteiger partial charge in [0, 0.05) is 0 Å². The van der Waals surface area contributed by atoms with Gasteiger partial charge < -0.3 is 10.8 Å². The third kappa shape index (κ3) is 3.93. The summed E-state index contributed by atoms with van der Waals surface area (Å²) in [6.07, 6.45) is -1.25. The number of aliphatic hydroxyl groups excluding tert-OH is 1. The Bertz CT molecular complexity index is 187. The van der Waals surface area contributed by atoms with Crippen LogP contribution in [0.2, 0.25) is 0 Å². The van der Waals surface area contributed by atoms with Crippen molar-refractivity contribution in [3.8, 4) is 0 Å². The van der Waals surface area contributed by atoms with E-state index in [1.165, 1.54) is 0 Å². The van der Waals surface area contributed by atoms with Crippen LogP contribution in [-0.2, 0) is 14.6 Å². The summed E-state index contributed by atoms with van der Waals surface area (Å²) in [5.41, 5.74) is 4.22. The van der Waals surface area contributed by atoms with Crippen LogP contribution in [0.25, 0.3) is 0 Å². The molecule has 11 heavy (non-hydrogen) atoms. The molecule has 3 N–H and O–H groups in total. The van der Waals surface area contributed by atoms with Gasteiger partial charge in [0.25, 0.3) is 0 Å². The molecule has 62 valence electrons. The second-order valence-electron chi connectivity index (χ2n) is 1.53. The molecule has 0 aliphatic heterocycles. The molecule has 6 heteroatoms. The van der Waals surface area contributed by atoms with Gasteiger partial charge in [-0.05, 0) is 0 Å². The third-order valence-electron chi connectivity index (χ3n) is 0.679. The monoisotopic (exact) mass is 161 g/mol. The Morgan fingerprint density at radius 2 is 2.00 bits per heavy atom. The van der Waals surface area contributed by atoms with Crippen LogP contribution in [-0.4, -0.2) is 23.8 Å². The van der Waals surface area contributed by atoms with Gasteiger partial charge in [0.05, 0.1) is 12.2 Å². The Labute approximate surface area is 62.1 Å². The van der Waals surface area contributed by atoms with Crippen LogP contribution in [0, 0.1) is 0 Å². The number of carbonyl (C=O) groups is 2. The fraction of sp³-hybridized carbons (Fsp3) is 0.200. The largest absolute Gasteiger partial charge is 0.447 e. The second-order valence-corrected chi connectivity index (χ2v) is 1.53. The zero-order valence-electron chi connectivity index (χ0n) is 5.57. The lowest BCUT2D eigenvalue weighted by molar-refractivity contribution is -0.226. The molecule has 0 aliphatic rings. The molecule has 1 amide bonds. The number of amides is 1. The van der Waals surface area contributed by atoms with Crippen molar-refractivity contribution in [3.63, 3.8) is 0 Å². The molecule has 6 nitrogen and oxygen atoms in total. The fourth-order valence-corrected chi connectivity index (χ4v) is 0.202. The van der Waals surface area contributed by atoms with Gasteiger partial charge in [0.15, 0.2) is 0 Å². The lowest BCUT2D eigenvalue weighted by Crippen LogP contribution is -2.18. The van der Waals surface area contributed by atoms with Gasteiger partial charge in [-0.2, -0.15) is 0 Å². The first-order chi connectivity index (χ1) is 5.07. The molecule has 0 atom stereocenters. The predicted molar refractivity (Wildman–Crippen MR) is 33.0 cm³/mol. The van der Waals surface area contributed by atoms with Crippen molar-refractivity contribution in [2.45, 2.75) is 0 Å². The maximum atomic E-state index is 10.5. The quantitative estimate of drug-likeness (QED) is 0.310. The summed E-state index contributed by atoms with van der Waals surface area (Å²) in [7, 11) is 0. The van der Waals surface area contributed by atoms with Crippen LogP contribution in [0.3, 0.4) is 0 Å². The van der Waals surface area contributed by atoms with E-state index in [2.05, 4.69) is 22.1 Å². The maximum Gasteiger partial charge on any atom is 0.447 e. The van der Waals surface area contributed by atoms with E-state index >= 15 is 0 Å². The normalized spacial score (nSPS) is 8.45. The number of aliphatic hydroxyl groups is 1. The van der Waals surface area contributed by atoms with E-state index in [4.69, 9.17) is 5.11 Å². The van der Waals surface area contributed by atoms with Gasteiger partial charge in [-0.1, -0.05) is 6.58 Å². The van der Waals surface area contributed by atoms with E-state index in [9.17, 15) is 9.59 Å². The highest BCUT2D eigenvalue weighted by Gasteiger charge is 2.09. The first-order valence-corrected chi connectivity index (χ1v) is 2.55. The minimum atomic E-state index is -1.25. The molecular weight excluding hydrogens is 154 g/mol. The highest BCUT2D eigenvalue weighted by molar-refractivity contribution is 5.87. The van der Waals surface area contributed by atoms with E-state index in [1.54, 1.807) is 0 Å². The zero-order valence-corrected chi connectivity index (χ0v) is 5.57. The highest BCUT2D eigenvalue weighted by atomic mass is 17.2. The van der Waals surface area contributed by atoms with Crippen LogP contribution in [0.5, 0.6) is 0 Å². The number of primary amides is 1. The molecule has 0 spiro atoms. The van der Waals surface area contributed by atoms with E-state index in [1.807, 2.05) is 0 Å². The molecule has 0 radical (unpaired) electrons. The SMILES string of the molecule is C=C(CO)C(=O)OOC(N)=O. The highest BCUT2D eigenvalue weighted by Crippen LogP contribution is 1.92. The number of nitrogens with two attached hydrogens (primary N) is 1. The summed E-state index contributed by atoms with van der Waals surface area (Å²) < 4.78 is 0. The van der Waals surface area contributed by atoms with Crippen molar-refractivity contribution in [1.82, 2.24) is 0 Å². The molecule has 0 aromatic rings. The number of hydrogen-bond donors (Lipinski definition) is 2. The Morgan fingerprint density at radius 1 is 1.45 bits per heavy atom. The molecule has 0 aromatic heterocycles. The molecular formula is C5H7NO5. The molecule has 0 aromatic carbocycles. The Morgan fingerprint density at radius 3 is 2.36 bits per heavy atom. The van der Waals surface area contributed by atoms with Gasteiger partial charge in [0.2, 0.25) is 0 Å².